The highest BCUT2D eigenvalue weighted by Crippen LogP contribution is 2.45. The van der Waals surface area contributed by atoms with Crippen molar-refractivity contribution in [1.29, 1.82) is 0 Å². The van der Waals surface area contributed by atoms with E-state index in [1.165, 1.54) is 205 Å². The van der Waals surface area contributed by atoms with Gasteiger partial charge in [0.15, 0.2) is 12.2 Å². The van der Waals surface area contributed by atoms with Crippen LogP contribution in [0, 0.1) is 11.8 Å². The largest absolute Gasteiger partial charge is 0.472 e. The number of carbonyl (C=O) groups is 4. The normalized spacial score (nSPS) is 14.6. The van der Waals surface area contributed by atoms with Crippen LogP contribution in [0.4, 0.5) is 0 Å². The lowest BCUT2D eigenvalue weighted by Gasteiger charge is -2.21. The first kappa shape index (κ1) is 98.5. The molecule has 0 heterocycles. The Morgan fingerprint density at radius 3 is 0.842 bits per heavy atom. The van der Waals surface area contributed by atoms with Gasteiger partial charge in [0.2, 0.25) is 0 Å². The molecule has 596 valence electrons. The maximum Gasteiger partial charge on any atom is 0.472 e. The Morgan fingerprint density at radius 2 is 0.554 bits per heavy atom. The Morgan fingerprint density at radius 1 is 0.317 bits per heavy atom. The van der Waals surface area contributed by atoms with Crippen LogP contribution in [0.25, 0.3) is 0 Å². The highest BCUT2D eigenvalue weighted by Gasteiger charge is 2.30. The minimum Gasteiger partial charge on any atom is -0.462 e. The molecule has 0 rings (SSSR count). The number of phosphoric ester groups is 2. The van der Waals surface area contributed by atoms with Crippen molar-refractivity contribution in [3.8, 4) is 0 Å². The van der Waals surface area contributed by atoms with Crippen molar-refractivity contribution in [2.75, 3.05) is 39.6 Å². The van der Waals surface area contributed by atoms with Crippen molar-refractivity contribution in [2.45, 2.75) is 426 Å². The molecular formula is C82H156O17P2. The fourth-order valence-corrected chi connectivity index (χ4v) is 13.7. The van der Waals surface area contributed by atoms with E-state index < -0.39 is 97.5 Å². The third-order valence-electron chi connectivity index (χ3n) is 19.3. The molecule has 0 aliphatic carbocycles. The number of esters is 4. The second-order valence-electron chi connectivity index (χ2n) is 29.3. The molecule has 7 atom stereocenters. The molecule has 0 aromatic rings. The number of aliphatic hydroxyl groups excluding tert-OH is 1. The van der Waals surface area contributed by atoms with Crippen molar-refractivity contribution in [1.82, 2.24) is 0 Å². The summed E-state index contributed by atoms with van der Waals surface area (Å²) in [6.07, 6.45) is 66.0. The number of hydrogen-bond acceptors (Lipinski definition) is 15. The van der Waals surface area contributed by atoms with Gasteiger partial charge in [0.25, 0.3) is 0 Å². The van der Waals surface area contributed by atoms with Crippen LogP contribution >= 0.6 is 15.6 Å². The van der Waals surface area contributed by atoms with Gasteiger partial charge in [0.05, 0.1) is 26.4 Å². The highest BCUT2D eigenvalue weighted by molar-refractivity contribution is 7.47. The van der Waals surface area contributed by atoms with Gasteiger partial charge >= 0.3 is 39.5 Å². The number of ether oxygens (including phenoxy) is 4. The van der Waals surface area contributed by atoms with Crippen molar-refractivity contribution < 1.29 is 80.2 Å². The molecule has 0 aliphatic rings. The SMILES string of the molecule is CCCCCC/C=C\C=C/CCCCCCCC(=O)O[C@H](COC(=O)CCCCCCCCC(C)CC)COP(=O)(O)OC[C@H](O)COP(=O)(O)OC[C@@H](COC(=O)CCCCCCCCCCCCCCCCCCCC)OC(=O)CCCCCCCCCCCCCCCCC(C)CC. The molecule has 0 spiro atoms. The van der Waals surface area contributed by atoms with Gasteiger partial charge in [0, 0.05) is 25.7 Å². The van der Waals surface area contributed by atoms with E-state index >= 15 is 0 Å². The van der Waals surface area contributed by atoms with Crippen LogP contribution in [0.2, 0.25) is 0 Å². The molecule has 101 heavy (non-hydrogen) atoms. The molecule has 0 fully saturated rings. The molecule has 0 saturated heterocycles. The van der Waals surface area contributed by atoms with E-state index in [4.69, 9.17) is 37.0 Å². The Kier molecular flexibility index (Phi) is 71.3. The number of carbonyl (C=O) groups excluding carboxylic acids is 4. The minimum absolute atomic E-state index is 0.0843. The first-order valence-corrected chi connectivity index (χ1v) is 44.9. The van der Waals surface area contributed by atoms with Crippen molar-refractivity contribution in [3.63, 3.8) is 0 Å². The molecule has 0 aliphatic heterocycles. The smallest absolute Gasteiger partial charge is 0.462 e. The molecule has 3 N–H and O–H groups in total. The molecule has 4 unspecified atom stereocenters. The second kappa shape index (κ2) is 73.1. The molecular weight excluding hydrogens is 1320 g/mol. The van der Waals surface area contributed by atoms with Crippen LogP contribution in [0.5, 0.6) is 0 Å². The van der Waals surface area contributed by atoms with E-state index in [-0.39, 0.29) is 25.7 Å². The third-order valence-corrected chi connectivity index (χ3v) is 21.2. The molecule has 0 radical (unpaired) electrons. The summed E-state index contributed by atoms with van der Waals surface area (Å²) in [4.78, 5) is 73.0. The Bertz CT molecular complexity index is 2040. The fourth-order valence-electron chi connectivity index (χ4n) is 12.1. The molecule has 17 nitrogen and oxygen atoms in total. The monoisotopic (exact) mass is 1480 g/mol. The fraction of sp³-hybridized carbons (Fsp3) is 0.902. The maximum atomic E-state index is 13.1. The van der Waals surface area contributed by atoms with Gasteiger partial charge in [-0.3, -0.25) is 37.3 Å². The van der Waals surface area contributed by atoms with E-state index in [0.29, 0.717) is 25.7 Å². The van der Waals surface area contributed by atoms with Gasteiger partial charge < -0.3 is 33.8 Å². The Hall–Kier alpha value is -2.46. The zero-order valence-electron chi connectivity index (χ0n) is 65.7. The highest BCUT2D eigenvalue weighted by atomic mass is 31.2. The van der Waals surface area contributed by atoms with Gasteiger partial charge in [-0.05, 0) is 63.2 Å². The summed E-state index contributed by atoms with van der Waals surface area (Å²) >= 11 is 0. The molecule has 0 amide bonds. The van der Waals surface area contributed by atoms with Crippen LogP contribution < -0.4 is 0 Å². The van der Waals surface area contributed by atoms with Gasteiger partial charge in [-0.25, -0.2) is 9.13 Å². The number of unbranched alkanes of at least 4 members (excludes halogenated alkanes) is 44. The molecule has 0 saturated carbocycles. The molecule has 19 heteroatoms. The summed E-state index contributed by atoms with van der Waals surface area (Å²) in [5.41, 5.74) is 0. The average molecular weight is 1480 g/mol. The molecule has 0 aromatic carbocycles. The quantitative estimate of drug-likeness (QED) is 0.0169. The van der Waals surface area contributed by atoms with E-state index in [0.717, 1.165) is 121 Å². The van der Waals surface area contributed by atoms with Crippen molar-refractivity contribution in [3.05, 3.63) is 24.3 Å². The van der Waals surface area contributed by atoms with Gasteiger partial charge in [-0.15, -0.1) is 0 Å². The Labute approximate surface area is 618 Å². The van der Waals surface area contributed by atoms with E-state index in [1.807, 2.05) is 0 Å². The van der Waals surface area contributed by atoms with Crippen LogP contribution in [-0.2, 0) is 65.4 Å². The maximum absolute atomic E-state index is 13.1. The zero-order chi connectivity index (χ0) is 74.2. The first-order valence-electron chi connectivity index (χ1n) is 41.9. The van der Waals surface area contributed by atoms with Crippen LogP contribution in [-0.4, -0.2) is 96.7 Å². The lowest BCUT2D eigenvalue weighted by Crippen LogP contribution is -2.30. The van der Waals surface area contributed by atoms with E-state index in [2.05, 4.69) is 65.8 Å². The zero-order valence-corrected chi connectivity index (χ0v) is 67.5. The predicted molar refractivity (Wildman–Crippen MR) is 414 cm³/mol. The summed E-state index contributed by atoms with van der Waals surface area (Å²) in [6.45, 7) is 9.58. The number of allylic oxidation sites excluding steroid dienone is 4. The lowest BCUT2D eigenvalue weighted by molar-refractivity contribution is -0.161. The number of hydrogen-bond donors (Lipinski definition) is 3. The minimum atomic E-state index is -4.97. The summed E-state index contributed by atoms with van der Waals surface area (Å²) in [5.74, 6) is -0.567. The van der Waals surface area contributed by atoms with Crippen molar-refractivity contribution in [2.24, 2.45) is 11.8 Å². The summed E-state index contributed by atoms with van der Waals surface area (Å²) < 4.78 is 68.7. The first-order chi connectivity index (χ1) is 48.9. The molecule has 0 aromatic heterocycles. The van der Waals surface area contributed by atoms with Gasteiger partial charge in [0.1, 0.15) is 19.3 Å². The lowest BCUT2D eigenvalue weighted by atomic mass is 9.99. The molecule has 0 bridgehead atoms. The summed E-state index contributed by atoms with van der Waals surface area (Å²) in [5, 5.41) is 10.6. The van der Waals surface area contributed by atoms with Gasteiger partial charge in [-0.2, -0.15) is 0 Å². The van der Waals surface area contributed by atoms with E-state index in [1.54, 1.807) is 0 Å². The van der Waals surface area contributed by atoms with Crippen LogP contribution in [0.15, 0.2) is 24.3 Å². The van der Waals surface area contributed by atoms with Crippen molar-refractivity contribution >= 4 is 39.5 Å². The Balaban J connectivity index is 5.28. The number of phosphoric acid groups is 2. The number of aliphatic hydroxyl groups is 1. The van der Waals surface area contributed by atoms with Crippen LogP contribution in [0.3, 0.4) is 0 Å². The average Bonchev–Trinajstić information content (AvgIpc) is 0.993. The summed E-state index contributed by atoms with van der Waals surface area (Å²) in [7, 11) is -9.93. The van der Waals surface area contributed by atoms with Gasteiger partial charge in [-0.1, -0.05) is 355 Å². The predicted octanol–water partition coefficient (Wildman–Crippen LogP) is 24.2. The third kappa shape index (κ3) is 72.9. The van der Waals surface area contributed by atoms with E-state index in [9.17, 15) is 43.2 Å². The van der Waals surface area contributed by atoms with Crippen LogP contribution in [0.1, 0.15) is 408 Å². The number of rotatable bonds is 79. The topological polar surface area (TPSA) is 237 Å². The second-order valence-corrected chi connectivity index (χ2v) is 32.2. The summed E-state index contributed by atoms with van der Waals surface area (Å²) in [6, 6.07) is 0. The standard InChI is InChI=1S/C82H156O17P2/c1-7-11-13-15-17-19-21-23-25-26-27-29-33-37-41-45-52-58-64-79(84)92-70-77(98-81(86)66-61-55-47-43-39-35-31-30-32-36-40-44-50-56-62-74(5)9-3)72-96-100(88,89)94-68-76(83)69-95-101(90,91)97-73-78(71-93-80(85)65-59-53-49-48-51-57-63-75(6)10-4)99-82(87)67-60-54-46-42-38-34-28-24-22-20-18-16-14-12-8-2/h20,22,24,28,74-78,83H,7-19,21,23,25-27,29-73H2,1-6H3,(H,88,89)(H,90,91)/b22-20-,28-24-/t74?,75?,76-,77-,78-/m1/s1.